The first-order valence-corrected chi connectivity index (χ1v) is 9.69. The van der Waals surface area contributed by atoms with Crippen molar-refractivity contribution in [2.24, 2.45) is 0 Å². The number of carbonyl (C=O) groups is 2. The van der Waals surface area contributed by atoms with Gasteiger partial charge in [-0.15, -0.1) is 0 Å². The third kappa shape index (κ3) is 5.90. The quantitative estimate of drug-likeness (QED) is 0.516. The number of halogens is 1. The van der Waals surface area contributed by atoms with Gasteiger partial charge in [-0.2, -0.15) is 0 Å². The number of hydrogen-bond acceptors (Lipinski definition) is 5. The fourth-order valence-corrected chi connectivity index (χ4v) is 2.87. The van der Waals surface area contributed by atoms with Crippen LogP contribution in [0.15, 0.2) is 71.0 Å². The van der Waals surface area contributed by atoms with E-state index in [9.17, 15) is 9.59 Å². The predicted molar refractivity (Wildman–Crippen MR) is 117 cm³/mol. The third-order valence-corrected chi connectivity index (χ3v) is 4.57. The molecule has 0 bridgehead atoms. The second kappa shape index (κ2) is 10.4. The molecule has 2 amide bonds. The van der Waals surface area contributed by atoms with Gasteiger partial charge in [0.1, 0.15) is 11.5 Å². The number of carbonyl (C=O) groups excluding carboxylic acids is 2. The van der Waals surface area contributed by atoms with Gasteiger partial charge in [-0.3, -0.25) is 9.59 Å². The van der Waals surface area contributed by atoms with Crippen LogP contribution in [0.1, 0.15) is 21.7 Å². The van der Waals surface area contributed by atoms with E-state index >= 15 is 0 Å². The van der Waals surface area contributed by atoms with Crippen LogP contribution in [0.25, 0.3) is 6.08 Å². The van der Waals surface area contributed by atoms with Gasteiger partial charge in [0.05, 0.1) is 27.0 Å². The molecule has 0 saturated carbocycles. The van der Waals surface area contributed by atoms with Gasteiger partial charge in [-0.25, -0.2) is 0 Å². The van der Waals surface area contributed by atoms with Crippen LogP contribution in [0.2, 0.25) is 5.02 Å². The van der Waals surface area contributed by atoms with Crippen molar-refractivity contribution in [3.05, 3.63) is 88.5 Å². The van der Waals surface area contributed by atoms with Gasteiger partial charge in [0.15, 0.2) is 11.5 Å². The molecule has 0 spiro atoms. The van der Waals surface area contributed by atoms with E-state index in [0.717, 1.165) is 0 Å². The van der Waals surface area contributed by atoms with Crippen molar-refractivity contribution < 1.29 is 23.5 Å². The van der Waals surface area contributed by atoms with E-state index in [1.807, 2.05) is 0 Å². The van der Waals surface area contributed by atoms with E-state index in [2.05, 4.69) is 10.6 Å². The number of nitrogens with one attached hydrogen (secondary N) is 2. The highest BCUT2D eigenvalue weighted by atomic mass is 35.5. The van der Waals surface area contributed by atoms with Crippen LogP contribution in [-0.2, 0) is 11.3 Å². The number of amides is 2. The van der Waals surface area contributed by atoms with E-state index in [1.165, 1.54) is 20.5 Å². The fourth-order valence-electron chi connectivity index (χ4n) is 2.74. The summed E-state index contributed by atoms with van der Waals surface area (Å²) in [4.78, 5) is 25.5. The highest BCUT2D eigenvalue weighted by Gasteiger charge is 2.16. The second-order valence-corrected chi connectivity index (χ2v) is 6.83. The van der Waals surface area contributed by atoms with Gasteiger partial charge in [-0.1, -0.05) is 17.7 Å². The van der Waals surface area contributed by atoms with E-state index < -0.39 is 11.8 Å². The highest BCUT2D eigenvalue weighted by Crippen LogP contribution is 2.28. The Labute approximate surface area is 184 Å². The van der Waals surface area contributed by atoms with E-state index in [4.69, 9.17) is 25.5 Å². The first-order chi connectivity index (χ1) is 15.0. The van der Waals surface area contributed by atoms with Crippen molar-refractivity contribution in [2.75, 3.05) is 14.2 Å². The lowest BCUT2D eigenvalue weighted by molar-refractivity contribution is -0.118. The van der Waals surface area contributed by atoms with Gasteiger partial charge in [0, 0.05) is 10.6 Å². The zero-order valence-corrected chi connectivity index (χ0v) is 17.7. The van der Waals surface area contributed by atoms with Crippen molar-refractivity contribution in [1.29, 1.82) is 0 Å². The molecule has 160 valence electrons. The van der Waals surface area contributed by atoms with Crippen LogP contribution < -0.4 is 20.1 Å². The van der Waals surface area contributed by atoms with Gasteiger partial charge in [-0.05, 0) is 60.2 Å². The molecule has 2 aromatic carbocycles. The molecule has 2 N–H and O–H groups in total. The minimum absolute atomic E-state index is 0.0544. The maximum Gasteiger partial charge on any atom is 0.268 e. The van der Waals surface area contributed by atoms with Crippen LogP contribution in [0.5, 0.6) is 11.5 Å². The van der Waals surface area contributed by atoms with Crippen LogP contribution in [0.3, 0.4) is 0 Å². The monoisotopic (exact) mass is 440 g/mol. The standard InChI is InChI=1S/C23H21ClN2O5/c1-29-20-10-5-15(13-21(20)30-2)12-19(23(28)25-14-18-4-3-11-31-18)26-22(27)16-6-8-17(24)9-7-16/h3-13H,14H2,1-2H3,(H,25,28)(H,26,27)/b19-12-. The fraction of sp³-hybridized carbons (Fsp3) is 0.130. The summed E-state index contributed by atoms with van der Waals surface area (Å²) >= 11 is 5.89. The number of rotatable bonds is 8. The van der Waals surface area contributed by atoms with Crippen molar-refractivity contribution in [1.82, 2.24) is 10.6 Å². The Hall–Kier alpha value is -3.71. The molecule has 1 heterocycles. The molecule has 0 atom stereocenters. The first-order valence-electron chi connectivity index (χ1n) is 9.31. The van der Waals surface area contributed by atoms with Crippen molar-refractivity contribution in [3.63, 3.8) is 0 Å². The summed E-state index contributed by atoms with van der Waals surface area (Å²) in [5.74, 6) is 0.706. The summed E-state index contributed by atoms with van der Waals surface area (Å²) in [6.45, 7) is 0.173. The smallest absolute Gasteiger partial charge is 0.268 e. The summed E-state index contributed by atoms with van der Waals surface area (Å²) in [6.07, 6.45) is 3.07. The van der Waals surface area contributed by atoms with E-state index in [0.29, 0.717) is 33.4 Å². The zero-order valence-electron chi connectivity index (χ0n) is 17.0. The summed E-state index contributed by atoms with van der Waals surface area (Å²) in [5, 5.41) is 5.90. The third-order valence-electron chi connectivity index (χ3n) is 4.32. The molecular weight excluding hydrogens is 420 g/mol. The maximum atomic E-state index is 12.8. The van der Waals surface area contributed by atoms with Crippen molar-refractivity contribution in [2.45, 2.75) is 6.54 Å². The minimum Gasteiger partial charge on any atom is -0.493 e. The molecule has 8 heteroatoms. The molecule has 0 aliphatic heterocycles. The molecule has 1 aromatic heterocycles. The average molecular weight is 441 g/mol. The molecule has 31 heavy (non-hydrogen) atoms. The largest absolute Gasteiger partial charge is 0.493 e. The number of hydrogen-bond donors (Lipinski definition) is 2. The van der Waals surface area contributed by atoms with Gasteiger partial charge >= 0.3 is 0 Å². The molecule has 0 saturated heterocycles. The van der Waals surface area contributed by atoms with Gasteiger partial charge in [0.2, 0.25) is 0 Å². The molecule has 3 aromatic rings. The summed E-state index contributed by atoms with van der Waals surface area (Å²) in [7, 11) is 3.05. The lowest BCUT2D eigenvalue weighted by atomic mass is 10.1. The molecule has 3 rings (SSSR count). The molecule has 7 nitrogen and oxygen atoms in total. The second-order valence-electron chi connectivity index (χ2n) is 6.40. The number of benzene rings is 2. The molecule has 0 aliphatic carbocycles. The van der Waals surface area contributed by atoms with Gasteiger partial charge in [0.25, 0.3) is 11.8 Å². The lowest BCUT2D eigenvalue weighted by Crippen LogP contribution is -2.34. The Morgan fingerprint density at radius 2 is 1.77 bits per heavy atom. The Morgan fingerprint density at radius 3 is 2.42 bits per heavy atom. The van der Waals surface area contributed by atoms with Gasteiger partial charge < -0.3 is 24.5 Å². The number of furan rings is 1. The highest BCUT2D eigenvalue weighted by molar-refractivity contribution is 6.30. The Kier molecular flexibility index (Phi) is 7.35. The molecular formula is C23H21ClN2O5. The normalized spacial score (nSPS) is 11.0. The summed E-state index contributed by atoms with van der Waals surface area (Å²) in [6, 6.07) is 15.0. The Balaban J connectivity index is 1.87. The van der Waals surface area contributed by atoms with Crippen molar-refractivity contribution in [3.8, 4) is 11.5 Å². The number of methoxy groups -OCH3 is 2. The van der Waals surface area contributed by atoms with E-state index in [-0.39, 0.29) is 12.2 Å². The molecule has 0 aliphatic rings. The van der Waals surface area contributed by atoms with Crippen LogP contribution in [-0.4, -0.2) is 26.0 Å². The Bertz CT molecular complexity index is 1080. The minimum atomic E-state index is -0.478. The van der Waals surface area contributed by atoms with Crippen LogP contribution >= 0.6 is 11.6 Å². The topological polar surface area (TPSA) is 89.8 Å². The lowest BCUT2D eigenvalue weighted by Gasteiger charge is -2.12. The average Bonchev–Trinajstić information content (AvgIpc) is 3.31. The van der Waals surface area contributed by atoms with Crippen molar-refractivity contribution >= 4 is 29.5 Å². The molecule has 0 radical (unpaired) electrons. The van der Waals surface area contributed by atoms with E-state index in [1.54, 1.807) is 60.7 Å². The summed E-state index contributed by atoms with van der Waals surface area (Å²) in [5.41, 5.74) is 1.05. The number of ether oxygens (including phenoxy) is 2. The Morgan fingerprint density at radius 1 is 1.03 bits per heavy atom. The molecule has 0 unspecified atom stereocenters. The maximum absolute atomic E-state index is 12.8. The van der Waals surface area contributed by atoms with Crippen LogP contribution in [0.4, 0.5) is 0 Å². The first kappa shape index (κ1) is 22.0. The zero-order chi connectivity index (χ0) is 22.2. The van der Waals surface area contributed by atoms with Crippen LogP contribution in [0, 0.1) is 0 Å². The SMILES string of the molecule is COc1ccc(/C=C(\NC(=O)c2ccc(Cl)cc2)C(=O)NCc2ccco2)cc1OC. The predicted octanol–water partition coefficient (Wildman–Crippen LogP) is 4.04. The molecule has 0 fully saturated rings. The summed E-state index contributed by atoms with van der Waals surface area (Å²) < 4.78 is 15.8.